The number of rotatable bonds is 6. The maximum atomic E-state index is 13.1. The van der Waals surface area contributed by atoms with Crippen LogP contribution in [-0.4, -0.2) is 34.2 Å². The number of ether oxygens (including phenoxy) is 1. The van der Waals surface area contributed by atoms with Crippen molar-refractivity contribution in [2.75, 3.05) is 13.7 Å². The fourth-order valence-corrected chi connectivity index (χ4v) is 3.17. The minimum absolute atomic E-state index is 0.0268. The number of aromatic nitrogens is 2. The van der Waals surface area contributed by atoms with Crippen LogP contribution >= 0.6 is 0 Å². The van der Waals surface area contributed by atoms with Crippen LogP contribution in [0.25, 0.3) is 5.69 Å². The molecule has 0 aliphatic heterocycles. The third-order valence-corrected chi connectivity index (χ3v) is 4.51. The van der Waals surface area contributed by atoms with Crippen LogP contribution in [0.1, 0.15) is 34.2 Å². The second kappa shape index (κ2) is 8.08. The fourth-order valence-electron chi connectivity index (χ4n) is 3.17. The second-order valence-electron chi connectivity index (χ2n) is 6.53. The monoisotopic (exact) mass is 363 g/mol. The van der Waals surface area contributed by atoms with Crippen LogP contribution in [0.3, 0.4) is 0 Å². The van der Waals surface area contributed by atoms with Gasteiger partial charge >= 0.3 is 0 Å². The van der Waals surface area contributed by atoms with Crippen LogP contribution in [0.2, 0.25) is 0 Å². The summed E-state index contributed by atoms with van der Waals surface area (Å²) in [6.45, 7) is 6.94. The van der Waals surface area contributed by atoms with Crippen molar-refractivity contribution in [2.24, 2.45) is 0 Å². The lowest BCUT2D eigenvalue weighted by Crippen LogP contribution is -2.27. The standard InChI is InChI=1S/C22H25N3O2/c1-5-27-20-13-11-18(12-14-20)15-24(4)22(26)21-16(2)23-25(17(21)3)19-9-7-6-8-10-19/h6-14H,5,15H2,1-4H3. The largest absolute Gasteiger partial charge is 0.494 e. The summed E-state index contributed by atoms with van der Waals surface area (Å²) in [6.07, 6.45) is 0. The van der Waals surface area contributed by atoms with E-state index in [0.717, 1.165) is 28.4 Å². The van der Waals surface area contributed by atoms with E-state index in [4.69, 9.17) is 4.74 Å². The summed E-state index contributed by atoms with van der Waals surface area (Å²) < 4.78 is 7.29. The average Bonchev–Trinajstić information content (AvgIpc) is 2.98. The zero-order valence-corrected chi connectivity index (χ0v) is 16.3. The molecule has 3 rings (SSSR count). The van der Waals surface area contributed by atoms with E-state index in [2.05, 4.69) is 5.10 Å². The topological polar surface area (TPSA) is 47.4 Å². The number of carbonyl (C=O) groups excluding carboxylic acids is 1. The van der Waals surface area contributed by atoms with Crippen LogP contribution in [-0.2, 0) is 6.54 Å². The Morgan fingerprint density at radius 3 is 2.37 bits per heavy atom. The van der Waals surface area contributed by atoms with E-state index < -0.39 is 0 Å². The number of para-hydroxylation sites is 1. The predicted molar refractivity (Wildman–Crippen MR) is 106 cm³/mol. The van der Waals surface area contributed by atoms with Gasteiger partial charge < -0.3 is 9.64 Å². The number of benzene rings is 2. The minimum Gasteiger partial charge on any atom is -0.494 e. The van der Waals surface area contributed by atoms with Gasteiger partial charge in [-0.1, -0.05) is 30.3 Å². The lowest BCUT2D eigenvalue weighted by Gasteiger charge is -2.18. The second-order valence-corrected chi connectivity index (χ2v) is 6.53. The first kappa shape index (κ1) is 18.7. The zero-order chi connectivity index (χ0) is 19.4. The van der Waals surface area contributed by atoms with Gasteiger partial charge in [0, 0.05) is 13.6 Å². The number of carbonyl (C=O) groups is 1. The van der Waals surface area contributed by atoms with Crippen molar-refractivity contribution < 1.29 is 9.53 Å². The molecule has 0 saturated heterocycles. The Balaban J connectivity index is 1.80. The van der Waals surface area contributed by atoms with Crippen LogP contribution in [0.5, 0.6) is 5.75 Å². The summed E-state index contributed by atoms with van der Waals surface area (Å²) in [7, 11) is 1.82. The molecule has 1 aromatic heterocycles. The highest BCUT2D eigenvalue weighted by Crippen LogP contribution is 2.20. The maximum absolute atomic E-state index is 13.1. The van der Waals surface area contributed by atoms with Gasteiger partial charge in [-0.15, -0.1) is 0 Å². The van der Waals surface area contributed by atoms with Crippen molar-refractivity contribution in [3.05, 3.63) is 77.1 Å². The van der Waals surface area contributed by atoms with Crippen LogP contribution in [0, 0.1) is 13.8 Å². The highest BCUT2D eigenvalue weighted by atomic mass is 16.5. The van der Waals surface area contributed by atoms with Crippen LogP contribution in [0.15, 0.2) is 54.6 Å². The maximum Gasteiger partial charge on any atom is 0.257 e. The Morgan fingerprint density at radius 1 is 1.07 bits per heavy atom. The number of aryl methyl sites for hydroxylation is 1. The molecule has 0 spiro atoms. The lowest BCUT2D eigenvalue weighted by molar-refractivity contribution is 0.0783. The first-order valence-electron chi connectivity index (χ1n) is 9.10. The summed E-state index contributed by atoms with van der Waals surface area (Å²) in [5.74, 6) is 0.812. The van der Waals surface area contributed by atoms with E-state index in [1.54, 1.807) is 4.90 Å². The number of nitrogens with zero attached hydrogens (tertiary/aromatic N) is 3. The highest BCUT2D eigenvalue weighted by Gasteiger charge is 2.22. The molecule has 1 heterocycles. The molecule has 5 nitrogen and oxygen atoms in total. The Hall–Kier alpha value is -3.08. The normalized spacial score (nSPS) is 10.7. The average molecular weight is 363 g/mol. The summed E-state index contributed by atoms with van der Waals surface area (Å²) in [5, 5.41) is 4.58. The molecule has 2 aromatic carbocycles. The Bertz CT molecular complexity index is 915. The molecule has 0 unspecified atom stereocenters. The predicted octanol–water partition coefficient (Wildman–Crippen LogP) is 4.16. The molecule has 3 aromatic rings. The molecular formula is C22H25N3O2. The molecule has 5 heteroatoms. The Morgan fingerprint density at radius 2 is 1.74 bits per heavy atom. The van der Waals surface area contributed by atoms with Crippen molar-refractivity contribution >= 4 is 5.91 Å². The van der Waals surface area contributed by atoms with Crippen molar-refractivity contribution in [3.63, 3.8) is 0 Å². The first-order chi connectivity index (χ1) is 13.0. The third-order valence-electron chi connectivity index (χ3n) is 4.51. The molecule has 1 amide bonds. The van der Waals surface area contributed by atoms with Crippen molar-refractivity contribution in [2.45, 2.75) is 27.3 Å². The van der Waals surface area contributed by atoms with E-state index in [-0.39, 0.29) is 5.91 Å². The van der Waals surface area contributed by atoms with Crippen molar-refractivity contribution in [3.8, 4) is 11.4 Å². The number of hydrogen-bond donors (Lipinski definition) is 0. The molecule has 0 N–H and O–H groups in total. The van der Waals surface area contributed by atoms with Gasteiger partial charge in [0.15, 0.2) is 0 Å². The van der Waals surface area contributed by atoms with Gasteiger partial charge in [0.25, 0.3) is 5.91 Å². The van der Waals surface area contributed by atoms with E-state index in [1.807, 2.05) is 87.1 Å². The molecule has 0 saturated carbocycles. The van der Waals surface area contributed by atoms with Gasteiger partial charge in [0.05, 0.1) is 29.2 Å². The van der Waals surface area contributed by atoms with Gasteiger partial charge in [-0.3, -0.25) is 4.79 Å². The van der Waals surface area contributed by atoms with Crippen LogP contribution < -0.4 is 4.74 Å². The van der Waals surface area contributed by atoms with Gasteiger partial charge in [-0.2, -0.15) is 5.10 Å². The smallest absolute Gasteiger partial charge is 0.257 e. The molecule has 0 aliphatic carbocycles. The van der Waals surface area contributed by atoms with E-state index >= 15 is 0 Å². The van der Waals surface area contributed by atoms with E-state index in [9.17, 15) is 4.79 Å². The molecule has 140 valence electrons. The van der Waals surface area contributed by atoms with Crippen LogP contribution in [0.4, 0.5) is 0 Å². The molecular weight excluding hydrogens is 338 g/mol. The van der Waals surface area contributed by atoms with Crippen molar-refractivity contribution in [1.82, 2.24) is 14.7 Å². The molecule has 27 heavy (non-hydrogen) atoms. The summed E-state index contributed by atoms with van der Waals surface area (Å²) >= 11 is 0. The number of hydrogen-bond acceptors (Lipinski definition) is 3. The summed E-state index contributed by atoms with van der Waals surface area (Å²) in [4.78, 5) is 14.8. The zero-order valence-electron chi connectivity index (χ0n) is 16.3. The SMILES string of the molecule is CCOc1ccc(CN(C)C(=O)c2c(C)nn(-c3ccccc3)c2C)cc1. The molecule has 0 radical (unpaired) electrons. The molecule has 0 aliphatic rings. The van der Waals surface area contributed by atoms with Gasteiger partial charge in [0.2, 0.25) is 0 Å². The molecule has 0 bridgehead atoms. The van der Waals surface area contributed by atoms with E-state index in [0.29, 0.717) is 18.7 Å². The Labute approximate surface area is 160 Å². The van der Waals surface area contributed by atoms with Gasteiger partial charge in [-0.25, -0.2) is 4.68 Å². The summed E-state index contributed by atoms with van der Waals surface area (Å²) in [6, 6.07) is 17.7. The van der Waals surface area contributed by atoms with E-state index in [1.165, 1.54) is 0 Å². The third kappa shape index (κ3) is 4.03. The first-order valence-corrected chi connectivity index (χ1v) is 9.10. The fraction of sp³-hybridized carbons (Fsp3) is 0.273. The molecule has 0 atom stereocenters. The van der Waals surface area contributed by atoms with Crippen molar-refractivity contribution in [1.29, 1.82) is 0 Å². The van der Waals surface area contributed by atoms with Gasteiger partial charge in [-0.05, 0) is 50.6 Å². The quantitative estimate of drug-likeness (QED) is 0.661. The highest BCUT2D eigenvalue weighted by molar-refractivity contribution is 5.96. The summed E-state index contributed by atoms with van der Waals surface area (Å²) in [5.41, 5.74) is 4.25. The minimum atomic E-state index is -0.0268. The Kier molecular flexibility index (Phi) is 5.60. The molecule has 0 fully saturated rings. The lowest BCUT2D eigenvalue weighted by atomic mass is 10.1. The number of amides is 1. The van der Waals surface area contributed by atoms with Gasteiger partial charge in [0.1, 0.15) is 5.75 Å².